The van der Waals surface area contributed by atoms with E-state index in [9.17, 15) is 9.59 Å². The van der Waals surface area contributed by atoms with Crippen LogP contribution >= 0.6 is 11.6 Å². The van der Waals surface area contributed by atoms with Gasteiger partial charge in [-0.2, -0.15) is 0 Å². The molecule has 0 atom stereocenters. The molecule has 0 unspecified atom stereocenters. The fraction of sp³-hybridized carbons (Fsp3) is 0.154. The number of Topliss-reactive ketones (excluding diaryl/α,β-unsaturated/α-hetero) is 1. The van der Waals surface area contributed by atoms with Crippen LogP contribution in [-0.4, -0.2) is 15.3 Å². The van der Waals surface area contributed by atoms with E-state index in [1.54, 1.807) is 31.2 Å². The Morgan fingerprint density at radius 2 is 2.11 bits per heavy atom. The van der Waals surface area contributed by atoms with Gasteiger partial charge in [-0.1, -0.05) is 23.7 Å². The van der Waals surface area contributed by atoms with Gasteiger partial charge < -0.3 is 0 Å². The molecular weight excluding hydrogens is 252 g/mol. The van der Waals surface area contributed by atoms with Gasteiger partial charge in [0.05, 0.1) is 17.9 Å². The normalized spacial score (nSPS) is 10.3. The second-order valence-electron chi connectivity index (χ2n) is 3.90. The molecule has 0 aliphatic carbocycles. The molecule has 0 radical (unpaired) electrons. The van der Waals surface area contributed by atoms with E-state index < -0.39 is 0 Å². The molecule has 0 fully saturated rings. The van der Waals surface area contributed by atoms with Crippen molar-refractivity contribution in [3.63, 3.8) is 0 Å². The van der Waals surface area contributed by atoms with Crippen LogP contribution in [0.15, 0.2) is 41.5 Å². The van der Waals surface area contributed by atoms with E-state index in [-0.39, 0.29) is 17.9 Å². The Morgan fingerprint density at radius 3 is 2.78 bits per heavy atom. The van der Waals surface area contributed by atoms with Crippen molar-refractivity contribution in [1.82, 2.24) is 9.55 Å². The van der Waals surface area contributed by atoms with Crippen molar-refractivity contribution >= 4 is 17.4 Å². The van der Waals surface area contributed by atoms with Crippen LogP contribution in [0.5, 0.6) is 0 Å². The molecule has 0 N–H and O–H groups in total. The third-order valence-electron chi connectivity index (χ3n) is 2.50. The van der Waals surface area contributed by atoms with Crippen LogP contribution in [-0.2, 0) is 6.54 Å². The lowest BCUT2D eigenvalue weighted by molar-refractivity contribution is 0.0970. The highest BCUT2D eigenvalue weighted by atomic mass is 35.5. The fourth-order valence-corrected chi connectivity index (χ4v) is 1.80. The predicted molar refractivity (Wildman–Crippen MR) is 69.0 cm³/mol. The van der Waals surface area contributed by atoms with Gasteiger partial charge in [0.25, 0.3) is 5.56 Å². The van der Waals surface area contributed by atoms with Crippen LogP contribution in [0.2, 0.25) is 5.02 Å². The zero-order chi connectivity index (χ0) is 13.1. The lowest BCUT2D eigenvalue weighted by atomic mass is 10.1. The van der Waals surface area contributed by atoms with Crippen LogP contribution in [0.4, 0.5) is 0 Å². The summed E-state index contributed by atoms with van der Waals surface area (Å²) in [4.78, 5) is 27.6. The van der Waals surface area contributed by atoms with Gasteiger partial charge >= 0.3 is 0 Å². The van der Waals surface area contributed by atoms with Crippen molar-refractivity contribution in [3.05, 3.63) is 63.3 Å². The Labute approximate surface area is 109 Å². The Balaban J connectivity index is 2.27. The summed E-state index contributed by atoms with van der Waals surface area (Å²) in [6.07, 6.45) is 1.37. The van der Waals surface area contributed by atoms with Gasteiger partial charge in [0.15, 0.2) is 5.78 Å². The molecule has 0 bridgehead atoms. The fourth-order valence-electron chi connectivity index (χ4n) is 1.56. The third-order valence-corrected chi connectivity index (χ3v) is 2.83. The molecule has 1 aromatic carbocycles. The Morgan fingerprint density at radius 1 is 1.39 bits per heavy atom. The minimum Gasteiger partial charge on any atom is -0.292 e. The summed E-state index contributed by atoms with van der Waals surface area (Å²) in [5.74, 6) is -0.214. The first-order valence-electron chi connectivity index (χ1n) is 5.39. The second kappa shape index (κ2) is 5.14. The molecule has 2 rings (SSSR count). The first kappa shape index (κ1) is 12.5. The molecule has 0 aliphatic heterocycles. The van der Waals surface area contributed by atoms with Crippen molar-refractivity contribution in [3.8, 4) is 0 Å². The summed E-state index contributed by atoms with van der Waals surface area (Å²) in [7, 11) is 0. The summed E-state index contributed by atoms with van der Waals surface area (Å²) in [5.41, 5.74) is 0.788. The number of benzene rings is 1. The third kappa shape index (κ3) is 2.65. The maximum atomic E-state index is 12.0. The first-order valence-corrected chi connectivity index (χ1v) is 5.76. The zero-order valence-corrected chi connectivity index (χ0v) is 10.5. The maximum Gasteiger partial charge on any atom is 0.253 e. The van der Waals surface area contributed by atoms with Gasteiger partial charge in [-0.05, 0) is 19.1 Å². The topological polar surface area (TPSA) is 52.0 Å². The van der Waals surface area contributed by atoms with Crippen LogP contribution in [0.1, 0.15) is 16.1 Å². The SMILES string of the molecule is Cc1cc(=O)n(CC(=O)c2ccccc2Cl)cn1. The van der Waals surface area contributed by atoms with Gasteiger partial charge in [0.2, 0.25) is 0 Å². The molecule has 4 nitrogen and oxygen atoms in total. The molecule has 1 heterocycles. The molecule has 5 heteroatoms. The van der Waals surface area contributed by atoms with Crippen molar-refractivity contribution in [2.24, 2.45) is 0 Å². The monoisotopic (exact) mass is 262 g/mol. The molecular formula is C13H11ClN2O2. The van der Waals surface area contributed by atoms with E-state index in [0.29, 0.717) is 16.3 Å². The minimum absolute atomic E-state index is 0.0597. The predicted octanol–water partition coefficient (Wildman–Crippen LogP) is 2.09. The van der Waals surface area contributed by atoms with E-state index in [1.165, 1.54) is 17.0 Å². The Bertz CT molecular complexity index is 649. The highest BCUT2D eigenvalue weighted by Gasteiger charge is 2.11. The van der Waals surface area contributed by atoms with Crippen LogP contribution in [0.25, 0.3) is 0 Å². The summed E-state index contributed by atoms with van der Waals surface area (Å²) in [6.45, 7) is 1.66. The number of halogens is 1. The van der Waals surface area contributed by atoms with Gasteiger partial charge in [0, 0.05) is 17.3 Å². The Hall–Kier alpha value is -1.94. The van der Waals surface area contributed by atoms with Crippen molar-refractivity contribution in [1.29, 1.82) is 0 Å². The summed E-state index contributed by atoms with van der Waals surface area (Å²) < 4.78 is 1.26. The van der Waals surface area contributed by atoms with Gasteiger partial charge in [-0.15, -0.1) is 0 Å². The molecule has 92 valence electrons. The smallest absolute Gasteiger partial charge is 0.253 e. The summed E-state index contributed by atoms with van der Waals surface area (Å²) in [5, 5.41) is 0.385. The minimum atomic E-state index is -0.247. The van der Waals surface area contributed by atoms with Crippen molar-refractivity contribution in [2.45, 2.75) is 13.5 Å². The number of aryl methyl sites for hydroxylation is 1. The quantitative estimate of drug-likeness (QED) is 0.796. The molecule has 0 saturated carbocycles. The molecule has 0 saturated heterocycles. The van der Waals surface area contributed by atoms with E-state index in [0.717, 1.165) is 0 Å². The van der Waals surface area contributed by atoms with Gasteiger partial charge in [0.1, 0.15) is 0 Å². The van der Waals surface area contributed by atoms with Gasteiger partial charge in [-0.25, -0.2) is 4.98 Å². The number of rotatable bonds is 3. The molecule has 18 heavy (non-hydrogen) atoms. The molecule has 2 aromatic rings. The van der Waals surface area contributed by atoms with Crippen LogP contribution in [0, 0.1) is 6.92 Å². The van der Waals surface area contributed by atoms with Crippen LogP contribution < -0.4 is 5.56 Å². The molecule has 0 aliphatic rings. The molecule has 1 aromatic heterocycles. The van der Waals surface area contributed by atoms with E-state index >= 15 is 0 Å². The van der Waals surface area contributed by atoms with Crippen molar-refractivity contribution < 1.29 is 4.79 Å². The number of aromatic nitrogens is 2. The maximum absolute atomic E-state index is 12.0. The highest BCUT2D eigenvalue weighted by molar-refractivity contribution is 6.33. The first-order chi connectivity index (χ1) is 8.58. The standard InChI is InChI=1S/C13H11ClN2O2/c1-9-6-13(18)16(8-15-9)7-12(17)10-4-2-3-5-11(10)14/h2-6,8H,7H2,1H3. The lowest BCUT2D eigenvalue weighted by Crippen LogP contribution is -2.24. The number of ketones is 1. The molecule has 0 amide bonds. The van der Waals surface area contributed by atoms with E-state index in [2.05, 4.69) is 4.98 Å². The van der Waals surface area contributed by atoms with E-state index in [4.69, 9.17) is 11.6 Å². The largest absolute Gasteiger partial charge is 0.292 e. The number of hydrogen-bond acceptors (Lipinski definition) is 3. The average Bonchev–Trinajstić information content (AvgIpc) is 2.33. The number of hydrogen-bond donors (Lipinski definition) is 0. The molecule has 0 spiro atoms. The number of carbonyl (C=O) groups excluding carboxylic acids is 1. The Kier molecular flexibility index (Phi) is 3.58. The number of carbonyl (C=O) groups is 1. The van der Waals surface area contributed by atoms with Gasteiger partial charge in [-0.3, -0.25) is 14.2 Å². The summed E-state index contributed by atoms with van der Waals surface area (Å²) >= 11 is 5.93. The van der Waals surface area contributed by atoms with E-state index in [1.807, 2.05) is 0 Å². The highest BCUT2D eigenvalue weighted by Crippen LogP contribution is 2.15. The van der Waals surface area contributed by atoms with Crippen LogP contribution in [0.3, 0.4) is 0 Å². The van der Waals surface area contributed by atoms with Crippen molar-refractivity contribution in [2.75, 3.05) is 0 Å². The summed E-state index contributed by atoms with van der Waals surface area (Å²) in [6, 6.07) is 8.15. The average molecular weight is 263 g/mol. The second-order valence-corrected chi connectivity index (χ2v) is 4.31. The lowest BCUT2D eigenvalue weighted by Gasteiger charge is -2.05. The number of nitrogens with zero attached hydrogens (tertiary/aromatic N) is 2. The zero-order valence-electron chi connectivity index (χ0n) is 9.76.